The second kappa shape index (κ2) is 7.93. The summed E-state index contributed by atoms with van der Waals surface area (Å²) < 4.78 is 19.2. The van der Waals surface area contributed by atoms with Crippen molar-refractivity contribution in [2.45, 2.75) is 30.7 Å². The molecule has 1 N–H and O–H groups in total. The summed E-state index contributed by atoms with van der Waals surface area (Å²) in [5.74, 6) is 1.96. The second-order valence-electron chi connectivity index (χ2n) is 6.52. The van der Waals surface area contributed by atoms with Gasteiger partial charge < -0.3 is 4.52 Å². The molecule has 0 fully saturated rings. The van der Waals surface area contributed by atoms with Crippen molar-refractivity contribution >= 4 is 11.8 Å². The molecule has 0 atom stereocenters. The molecule has 28 heavy (non-hydrogen) atoms. The standard InChI is InChI=1S/C20H18FN5OS/c1-12(2)13-7-9-14(10-8-13)18-22-17(27-26-18)11-28-20-23-19(24-25-20)15-5-3-4-6-16(15)21/h3-10,12H,11H2,1-2H3,(H,23,24,25). The summed E-state index contributed by atoms with van der Waals surface area (Å²) in [4.78, 5) is 8.74. The Morgan fingerprint density at radius 3 is 2.61 bits per heavy atom. The first kappa shape index (κ1) is 18.4. The van der Waals surface area contributed by atoms with Crippen molar-refractivity contribution in [1.82, 2.24) is 25.3 Å². The number of benzene rings is 2. The largest absolute Gasteiger partial charge is 0.338 e. The predicted molar refractivity (Wildman–Crippen MR) is 105 cm³/mol. The fraction of sp³-hybridized carbons (Fsp3) is 0.200. The zero-order valence-corrected chi connectivity index (χ0v) is 16.2. The van der Waals surface area contributed by atoms with Crippen LogP contribution in [0.5, 0.6) is 0 Å². The average Bonchev–Trinajstić information content (AvgIpc) is 3.36. The van der Waals surface area contributed by atoms with Gasteiger partial charge in [0, 0.05) is 5.56 Å². The van der Waals surface area contributed by atoms with Gasteiger partial charge in [-0.15, -0.1) is 5.10 Å². The maximum Gasteiger partial charge on any atom is 0.237 e. The van der Waals surface area contributed by atoms with Crippen LogP contribution in [0, 0.1) is 5.82 Å². The van der Waals surface area contributed by atoms with Gasteiger partial charge in [-0.3, -0.25) is 5.10 Å². The van der Waals surface area contributed by atoms with E-state index in [0.717, 1.165) is 5.56 Å². The molecule has 2 aromatic carbocycles. The van der Waals surface area contributed by atoms with Crippen LogP contribution in [0.15, 0.2) is 58.2 Å². The molecule has 4 aromatic rings. The normalized spacial score (nSPS) is 11.3. The van der Waals surface area contributed by atoms with Crippen LogP contribution in [-0.4, -0.2) is 25.3 Å². The van der Waals surface area contributed by atoms with Crippen molar-refractivity contribution in [1.29, 1.82) is 0 Å². The highest BCUT2D eigenvalue weighted by atomic mass is 32.2. The molecule has 0 bridgehead atoms. The minimum absolute atomic E-state index is 0.347. The molecule has 8 heteroatoms. The van der Waals surface area contributed by atoms with Gasteiger partial charge in [0.15, 0.2) is 5.82 Å². The molecule has 0 aliphatic carbocycles. The molecule has 0 spiro atoms. The number of nitrogens with one attached hydrogen (secondary N) is 1. The number of rotatable bonds is 6. The van der Waals surface area contributed by atoms with Crippen LogP contribution in [0.1, 0.15) is 31.2 Å². The third-order valence-corrected chi connectivity index (χ3v) is 5.05. The average molecular weight is 395 g/mol. The summed E-state index contributed by atoms with van der Waals surface area (Å²) in [6, 6.07) is 14.6. The monoisotopic (exact) mass is 395 g/mol. The highest BCUT2D eigenvalue weighted by Gasteiger charge is 2.13. The van der Waals surface area contributed by atoms with Crippen LogP contribution in [0.2, 0.25) is 0 Å². The summed E-state index contributed by atoms with van der Waals surface area (Å²) in [5.41, 5.74) is 2.55. The smallest absolute Gasteiger partial charge is 0.237 e. The molecule has 2 aromatic heterocycles. The fourth-order valence-electron chi connectivity index (χ4n) is 2.66. The van der Waals surface area contributed by atoms with Gasteiger partial charge in [0.1, 0.15) is 5.82 Å². The van der Waals surface area contributed by atoms with E-state index in [9.17, 15) is 4.39 Å². The Morgan fingerprint density at radius 1 is 1.07 bits per heavy atom. The molecule has 0 aliphatic rings. The second-order valence-corrected chi connectivity index (χ2v) is 7.47. The number of H-pyrrole nitrogens is 1. The Balaban J connectivity index is 1.42. The van der Waals surface area contributed by atoms with Gasteiger partial charge in [-0.1, -0.05) is 67.2 Å². The lowest BCUT2D eigenvalue weighted by Gasteiger charge is -2.04. The number of hydrogen-bond donors (Lipinski definition) is 1. The SMILES string of the molecule is CC(C)c1ccc(-c2noc(CSc3n[nH]c(-c4ccccc4F)n3)n2)cc1. The topological polar surface area (TPSA) is 80.5 Å². The first-order valence-electron chi connectivity index (χ1n) is 8.83. The van der Waals surface area contributed by atoms with Crippen molar-refractivity contribution < 1.29 is 8.91 Å². The maximum absolute atomic E-state index is 13.8. The molecule has 0 amide bonds. The van der Waals surface area contributed by atoms with E-state index in [1.807, 2.05) is 12.1 Å². The molecule has 0 saturated heterocycles. The van der Waals surface area contributed by atoms with Crippen LogP contribution in [-0.2, 0) is 5.75 Å². The van der Waals surface area contributed by atoms with E-state index in [0.29, 0.717) is 39.9 Å². The molecule has 142 valence electrons. The van der Waals surface area contributed by atoms with E-state index in [1.165, 1.54) is 23.4 Å². The first-order chi connectivity index (χ1) is 13.6. The third-order valence-electron chi connectivity index (χ3n) is 4.22. The highest BCUT2D eigenvalue weighted by Crippen LogP contribution is 2.25. The Labute approximate surface area is 165 Å². The lowest BCUT2D eigenvalue weighted by atomic mass is 10.0. The fourth-order valence-corrected chi connectivity index (χ4v) is 3.29. The molecule has 0 aliphatic heterocycles. The quantitative estimate of drug-likeness (QED) is 0.459. The Morgan fingerprint density at radius 2 is 1.86 bits per heavy atom. The first-order valence-corrected chi connectivity index (χ1v) is 9.81. The van der Waals surface area contributed by atoms with Gasteiger partial charge in [0.2, 0.25) is 16.9 Å². The van der Waals surface area contributed by atoms with E-state index < -0.39 is 0 Å². The van der Waals surface area contributed by atoms with Crippen molar-refractivity contribution in [3.8, 4) is 22.8 Å². The third kappa shape index (κ3) is 3.96. The molecule has 0 unspecified atom stereocenters. The predicted octanol–water partition coefficient (Wildman–Crippen LogP) is 5.08. The van der Waals surface area contributed by atoms with Gasteiger partial charge in [0.05, 0.1) is 11.3 Å². The van der Waals surface area contributed by atoms with Gasteiger partial charge >= 0.3 is 0 Å². The Hall–Kier alpha value is -3.00. The summed E-state index contributed by atoms with van der Waals surface area (Å²) in [6.07, 6.45) is 0. The summed E-state index contributed by atoms with van der Waals surface area (Å²) >= 11 is 1.34. The number of hydrogen-bond acceptors (Lipinski definition) is 6. The summed E-state index contributed by atoms with van der Waals surface area (Å²) in [5, 5.41) is 11.4. The minimum atomic E-state index is -0.347. The van der Waals surface area contributed by atoms with Crippen molar-refractivity contribution in [3.05, 3.63) is 65.8 Å². The maximum atomic E-state index is 13.8. The number of aromatic nitrogens is 5. The van der Waals surface area contributed by atoms with Crippen LogP contribution >= 0.6 is 11.8 Å². The van der Waals surface area contributed by atoms with Crippen molar-refractivity contribution in [2.75, 3.05) is 0 Å². The molecular weight excluding hydrogens is 377 g/mol. The number of nitrogens with zero attached hydrogens (tertiary/aromatic N) is 4. The molecule has 2 heterocycles. The van der Waals surface area contributed by atoms with Crippen LogP contribution < -0.4 is 0 Å². The lowest BCUT2D eigenvalue weighted by molar-refractivity contribution is 0.391. The van der Waals surface area contributed by atoms with Gasteiger partial charge in [0.25, 0.3) is 0 Å². The minimum Gasteiger partial charge on any atom is -0.338 e. The molecular formula is C20H18FN5OS. The zero-order chi connectivity index (χ0) is 19.5. The molecule has 6 nitrogen and oxygen atoms in total. The van der Waals surface area contributed by atoms with Crippen LogP contribution in [0.3, 0.4) is 0 Å². The summed E-state index contributed by atoms with van der Waals surface area (Å²) in [7, 11) is 0. The molecule has 0 saturated carbocycles. The lowest BCUT2D eigenvalue weighted by Crippen LogP contribution is -1.88. The van der Waals surface area contributed by atoms with E-state index in [4.69, 9.17) is 4.52 Å². The number of halogens is 1. The van der Waals surface area contributed by atoms with Crippen LogP contribution in [0.4, 0.5) is 4.39 Å². The molecule has 4 rings (SSSR count). The van der Waals surface area contributed by atoms with Gasteiger partial charge in [-0.05, 0) is 23.6 Å². The number of aromatic amines is 1. The van der Waals surface area contributed by atoms with E-state index in [-0.39, 0.29) is 5.82 Å². The van der Waals surface area contributed by atoms with Crippen molar-refractivity contribution in [3.63, 3.8) is 0 Å². The highest BCUT2D eigenvalue weighted by molar-refractivity contribution is 7.98. The van der Waals surface area contributed by atoms with Gasteiger partial charge in [-0.2, -0.15) is 4.98 Å². The molecule has 0 radical (unpaired) electrons. The van der Waals surface area contributed by atoms with Crippen LogP contribution in [0.25, 0.3) is 22.8 Å². The van der Waals surface area contributed by atoms with E-state index >= 15 is 0 Å². The summed E-state index contributed by atoms with van der Waals surface area (Å²) in [6.45, 7) is 4.30. The van der Waals surface area contributed by atoms with E-state index in [1.54, 1.807) is 18.2 Å². The van der Waals surface area contributed by atoms with Crippen molar-refractivity contribution in [2.24, 2.45) is 0 Å². The Kier molecular flexibility index (Phi) is 5.21. The zero-order valence-electron chi connectivity index (χ0n) is 15.4. The van der Waals surface area contributed by atoms with E-state index in [2.05, 4.69) is 51.3 Å². The van der Waals surface area contributed by atoms with Gasteiger partial charge in [-0.25, -0.2) is 9.37 Å². The number of thioether (sulfide) groups is 1. The Bertz CT molecular complexity index is 1070.